The first-order valence-corrected chi connectivity index (χ1v) is 8.18. The van der Waals surface area contributed by atoms with Gasteiger partial charge >= 0.3 is 0 Å². The van der Waals surface area contributed by atoms with Gasteiger partial charge in [-0.2, -0.15) is 0 Å². The van der Waals surface area contributed by atoms with E-state index in [1.54, 1.807) is 16.7 Å². The molecule has 0 radical (unpaired) electrons. The van der Waals surface area contributed by atoms with E-state index in [-0.39, 0.29) is 11.7 Å². The molecule has 0 saturated carbocycles. The number of pyridine rings is 1. The zero-order valence-corrected chi connectivity index (χ0v) is 13.1. The molecule has 3 heterocycles. The largest absolute Gasteiger partial charge is 0.472 e. The van der Waals surface area contributed by atoms with Gasteiger partial charge in [0.05, 0.1) is 6.54 Å². The third-order valence-corrected chi connectivity index (χ3v) is 4.64. The first kappa shape index (κ1) is 14.3. The molecule has 0 aliphatic carbocycles. The molecule has 120 valence electrons. The fourth-order valence-corrected chi connectivity index (χ4v) is 3.41. The number of anilines is 1. The molecule has 1 aromatic carbocycles. The van der Waals surface area contributed by atoms with E-state index in [9.17, 15) is 4.79 Å². The molecule has 5 nitrogen and oxygen atoms in total. The van der Waals surface area contributed by atoms with Crippen molar-refractivity contribution in [1.29, 1.82) is 0 Å². The summed E-state index contributed by atoms with van der Waals surface area (Å²) in [6.07, 6.45) is 0.0772. The van der Waals surface area contributed by atoms with Gasteiger partial charge in [-0.3, -0.25) is 14.3 Å². The first-order chi connectivity index (χ1) is 11.3. The molecule has 0 amide bonds. The van der Waals surface area contributed by atoms with Crippen molar-refractivity contribution < 1.29 is 4.74 Å². The summed E-state index contributed by atoms with van der Waals surface area (Å²) < 4.78 is 7.64. The van der Waals surface area contributed by atoms with Crippen LogP contribution in [0.15, 0.2) is 53.3 Å². The Morgan fingerprint density at radius 2 is 1.74 bits per heavy atom. The van der Waals surface area contributed by atoms with Crippen LogP contribution in [0.3, 0.4) is 0 Å². The molecule has 4 rings (SSSR count). The van der Waals surface area contributed by atoms with Gasteiger partial charge in [-0.1, -0.05) is 24.3 Å². The summed E-state index contributed by atoms with van der Waals surface area (Å²) in [5.74, 6) is 0.699. The molecule has 5 heteroatoms. The summed E-state index contributed by atoms with van der Waals surface area (Å²) in [7, 11) is 0. The first-order valence-electron chi connectivity index (χ1n) is 8.18. The Kier molecular flexibility index (Phi) is 3.79. The van der Waals surface area contributed by atoms with Crippen LogP contribution in [0, 0.1) is 0 Å². The number of piperazine rings is 1. The average molecular weight is 311 g/mol. The predicted octanol–water partition coefficient (Wildman–Crippen LogP) is 1.43. The average Bonchev–Trinajstić information content (AvgIpc) is 3.00. The molecule has 1 aromatic heterocycles. The highest BCUT2D eigenvalue weighted by atomic mass is 16.5. The number of hydrogen-bond acceptors (Lipinski definition) is 4. The fraction of sp³-hybridized carbons (Fsp3) is 0.389. The Balaban J connectivity index is 1.33. The zero-order valence-electron chi connectivity index (χ0n) is 13.1. The molecule has 23 heavy (non-hydrogen) atoms. The highest BCUT2D eigenvalue weighted by Gasteiger charge is 2.26. The quantitative estimate of drug-likeness (QED) is 0.859. The Labute approximate surface area is 135 Å². The fourth-order valence-electron chi connectivity index (χ4n) is 3.41. The van der Waals surface area contributed by atoms with Gasteiger partial charge < -0.3 is 9.64 Å². The lowest BCUT2D eigenvalue weighted by Crippen LogP contribution is -2.49. The Morgan fingerprint density at radius 3 is 2.48 bits per heavy atom. The maximum absolute atomic E-state index is 11.8. The van der Waals surface area contributed by atoms with E-state index in [4.69, 9.17) is 4.74 Å². The minimum absolute atomic E-state index is 0.0268. The van der Waals surface area contributed by atoms with E-state index in [0.717, 1.165) is 32.7 Å². The van der Waals surface area contributed by atoms with Crippen LogP contribution >= 0.6 is 0 Å². The summed E-state index contributed by atoms with van der Waals surface area (Å²) >= 11 is 0. The van der Waals surface area contributed by atoms with Crippen molar-refractivity contribution in [2.75, 3.05) is 37.6 Å². The summed E-state index contributed by atoms with van der Waals surface area (Å²) in [5.41, 5.74) is 1.32. The van der Waals surface area contributed by atoms with Crippen LogP contribution < -0.4 is 15.2 Å². The number of nitrogens with zero attached hydrogens (tertiary/aromatic N) is 3. The molecule has 1 unspecified atom stereocenters. The van der Waals surface area contributed by atoms with Crippen LogP contribution in [-0.2, 0) is 6.54 Å². The lowest BCUT2D eigenvalue weighted by molar-refractivity contribution is 0.144. The Hall–Kier alpha value is -2.27. The third-order valence-electron chi connectivity index (χ3n) is 4.64. The van der Waals surface area contributed by atoms with Gasteiger partial charge in [0.15, 0.2) is 5.88 Å². The van der Waals surface area contributed by atoms with Crippen molar-refractivity contribution in [2.24, 2.45) is 0 Å². The van der Waals surface area contributed by atoms with Crippen LogP contribution in [-0.4, -0.2) is 48.3 Å². The second kappa shape index (κ2) is 6.08. The third kappa shape index (κ3) is 2.97. The molecule has 2 aromatic rings. The molecule has 0 N–H and O–H groups in total. The van der Waals surface area contributed by atoms with E-state index >= 15 is 0 Å². The summed E-state index contributed by atoms with van der Waals surface area (Å²) in [5, 5.41) is 0. The number of para-hydroxylation sites is 1. The molecule has 1 saturated heterocycles. The second-order valence-electron chi connectivity index (χ2n) is 6.18. The molecule has 0 bridgehead atoms. The van der Waals surface area contributed by atoms with Crippen molar-refractivity contribution in [3.63, 3.8) is 0 Å². The monoisotopic (exact) mass is 311 g/mol. The lowest BCUT2D eigenvalue weighted by Gasteiger charge is -2.36. The smallest absolute Gasteiger partial charge is 0.253 e. The predicted molar refractivity (Wildman–Crippen MR) is 90.2 cm³/mol. The summed E-state index contributed by atoms with van der Waals surface area (Å²) in [4.78, 5) is 16.7. The maximum Gasteiger partial charge on any atom is 0.253 e. The second-order valence-corrected chi connectivity index (χ2v) is 6.18. The molecule has 0 spiro atoms. The number of benzene rings is 1. The number of aromatic nitrogens is 1. The standard InChI is InChI=1S/C18H21N3O2/c22-17-7-4-8-18-21(17)14-16(23-18)13-19-9-11-20(12-10-19)15-5-2-1-3-6-15/h1-8,16H,9-14H2. The Morgan fingerprint density at radius 1 is 0.957 bits per heavy atom. The number of ether oxygens (including phenoxy) is 1. The van der Waals surface area contributed by atoms with E-state index in [0.29, 0.717) is 12.4 Å². The van der Waals surface area contributed by atoms with E-state index in [2.05, 4.69) is 40.1 Å². The van der Waals surface area contributed by atoms with Gasteiger partial charge in [-0.05, 0) is 18.2 Å². The zero-order chi connectivity index (χ0) is 15.6. The molecule has 1 fully saturated rings. The highest BCUT2D eigenvalue weighted by Crippen LogP contribution is 2.20. The van der Waals surface area contributed by atoms with Crippen molar-refractivity contribution in [1.82, 2.24) is 9.47 Å². The van der Waals surface area contributed by atoms with Gasteiger partial charge in [0.1, 0.15) is 6.10 Å². The summed E-state index contributed by atoms with van der Waals surface area (Å²) in [6, 6.07) is 15.8. The molecular weight excluding hydrogens is 290 g/mol. The molecule has 1 atom stereocenters. The van der Waals surface area contributed by atoms with Crippen molar-refractivity contribution in [3.8, 4) is 5.88 Å². The SMILES string of the molecule is O=c1cccc2n1CC(CN1CCN(c3ccccc3)CC1)O2. The number of rotatable bonds is 3. The molecule has 2 aliphatic rings. The van der Waals surface area contributed by atoms with Crippen LogP contribution in [0.5, 0.6) is 5.88 Å². The van der Waals surface area contributed by atoms with Gasteiger partial charge in [-0.25, -0.2) is 0 Å². The summed E-state index contributed by atoms with van der Waals surface area (Å²) in [6.45, 7) is 5.66. The van der Waals surface area contributed by atoms with Gasteiger partial charge in [0.2, 0.25) is 0 Å². The maximum atomic E-state index is 11.8. The van der Waals surface area contributed by atoms with Crippen molar-refractivity contribution >= 4 is 5.69 Å². The van der Waals surface area contributed by atoms with Gasteiger partial charge in [0.25, 0.3) is 5.56 Å². The van der Waals surface area contributed by atoms with Crippen molar-refractivity contribution in [2.45, 2.75) is 12.6 Å². The van der Waals surface area contributed by atoms with Gasteiger partial charge in [0, 0.05) is 44.5 Å². The van der Waals surface area contributed by atoms with Crippen LogP contribution in [0.1, 0.15) is 0 Å². The van der Waals surface area contributed by atoms with Crippen molar-refractivity contribution in [3.05, 3.63) is 58.9 Å². The lowest BCUT2D eigenvalue weighted by atomic mass is 10.2. The minimum Gasteiger partial charge on any atom is -0.472 e. The van der Waals surface area contributed by atoms with E-state index in [1.165, 1.54) is 5.69 Å². The normalized spacial score (nSPS) is 21.0. The van der Waals surface area contributed by atoms with Crippen LogP contribution in [0.4, 0.5) is 5.69 Å². The van der Waals surface area contributed by atoms with E-state index < -0.39 is 0 Å². The number of fused-ring (bicyclic) bond motifs is 1. The highest BCUT2D eigenvalue weighted by molar-refractivity contribution is 5.46. The molecule has 2 aliphatic heterocycles. The topological polar surface area (TPSA) is 37.7 Å². The van der Waals surface area contributed by atoms with Crippen LogP contribution in [0.25, 0.3) is 0 Å². The van der Waals surface area contributed by atoms with Crippen LogP contribution in [0.2, 0.25) is 0 Å². The Bertz CT molecular complexity index is 721. The van der Waals surface area contributed by atoms with Gasteiger partial charge in [-0.15, -0.1) is 0 Å². The number of hydrogen-bond donors (Lipinski definition) is 0. The minimum atomic E-state index is 0.0268. The molecular formula is C18H21N3O2. The van der Waals surface area contributed by atoms with E-state index in [1.807, 2.05) is 6.07 Å².